The maximum atomic E-state index is 12.2. The second-order valence-electron chi connectivity index (χ2n) is 6.14. The van der Waals surface area contributed by atoms with Crippen molar-refractivity contribution in [1.29, 1.82) is 0 Å². The average molecular weight is 318 g/mol. The number of rotatable bonds is 7. The number of carbonyl (C=O) groups excluding carboxylic acids is 1. The molecular weight excluding hydrogens is 296 g/mol. The minimum atomic E-state index is -0.912. The van der Waals surface area contributed by atoms with Gasteiger partial charge in [-0.05, 0) is 37.8 Å². The molecule has 0 bridgehead atoms. The van der Waals surface area contributed by atoms with Gasteiger partial charge in [0.1, 0.15) is 6.10 Å². The van der Waals surface area contributed by atoms with Crippen molar-refractivity contribution in [3.8, 4) is 5.88 Å². The molecule has 23 heavy (non-hydrogen) atoms. The zero-order valence-corrected chi connectivity index (χ0v) is 13.7. The van der Waals surface area contributed by atoms with Crippen LogP contribution < -0.4 is 4.74 Å². The summed E-state index contributed by atoms with van der Waals surface area (Å²) in [6.45, 7) is 3.24. The van der Waals surface area contributed by atoms with Crippen LogP contribution >= 0.6 is 0 Å². The largest absolute Gasteiger partial charge is 0.475 e. The predicted molar refractivity (Wildman–Crippen MR) is 84.1 cm³/mol. The van der Waals surface area contributed by atoms with Crippen molar-refractivity contribution in [1.82, 2.24) is 10.1 Å². The van der Waals surface area contributed by atoms with Crippen LogP contribution in [0.1, 0.15) is 37.2 Å². The minimum Gasteiger partial charge on any atom is -0.475 e. The maximum absolute atomic E-state index is 12.2. The Hall–Kier alpha value is -1.92. The predicted octanol–water partition coefficient (Wildman–Crippen LogP) is 2.42. The van der Waals surface area contributed by atoms with E-state index in [0.717, 1.165) is 18.4 Å². The van der Waals surface area contributed by atoms with Gasteiger partial charge in [0.25, 0.3) is 5.88 Å². The second-order valence-corrected chi connectivity index (χ2v) is 6.14. The van der Waals surface area contributed by atoms with Gasteiger partial charge in [0.15, 0.2) is 17.1 Å². The van der Waals surface area contributed by atoms with Crippen LogP contribution in [0.2, 0.25) is 0 Å². The molecule has 0 aromatic carbocycles. The lowest BCUT2D eigenvalue weighted by Crippen LogP contribution is -2.23. The quantitative estimate of drug-likeness (QED) is 0.568. The molecule has 1 aliphatic carbocycles. The summed E-state index contributed by atoms with van der Waals surface area (Å²) >= 11 is 0. The average Bonchev–Trinajstić information content (AvgIpc) is 3.08. The van der Waals surface area contributed by atoms with E-state index in [0.29, 0.717) is 24.8 Å². The monoisotopic (exact) mass is 318 g/mol. The van der Waals surface area contributed by atoms with Crippen LogP contribution in [-0.2, 0) is 16.1 Å². The lowest BCUT2D eigenvalue weighted by molar-refractivity contribution is -0.118. The summed E-state index contributed by atoms with van der Waals surface area (Å²) in [4.78, 5) is 14.2. The fourth-order valence-electron chi connectivity index (χ4n) is 2.69. The number of ketones is 1. The molecule has 1 aromatic heterocycles. The van der Waals surface area contributed by atoms with Crippen LogP contribution in [-0.4, -0.2) is 42.1 Å². The van der Waals surface area contributed by atoms with Crippen molar-refractivity contribution in [2.45, 2.75) is 38.0 Å². The summed E-state index contributed by atoms with van der Waals surface area (Å²) in [5.74, 6) is 1.06. The molecule has 124 valence electrons. The molecule has 1 aromatic rings. The van der Waals surface area contributed by atoms with E-state index >= 15 is 0 Å². The van der Waals surface area contributed by atoms with E-state index in [1.807, 2.05) is 25.1 Å². The molecular formula is C17H22N2O4. The number of hydrogen-bond donors (Lipinski definition) is 0. The molecule has 0 saturated carbocycles. The highest BCUT2D eigenvalue weighted by atomic mass is 16.6. The van der Waals surface area contributed by atoms with E-state index in [2.05, 4.69) is 12.1 Å². The third-order valence-electron chi connectivity index (χ3n) is 3.96. The van der Waals surface area contributed by atoms with E-state index in [-0.39, 0.29) is 5.78 Å². The molecule has 1 spiro atoms. The normalized spacial score (nSPS) is 25.6. The van der Waals surface area contributed by atoms with Crippen molar-refractivity contribution in [2.75, 3.05) is 20.7 Å². The molecule has 1 aliphatic heterocycles. The Balaban J connectivity index is 1.87. The van der Waals surface area contributed by atoms with Gasteiger partial charge in [0.2, 0.25) is 0 Å². The first-order valence-electron chi connectivity index (χ1n) is 7.92. The third kappa shape index (κ3) is 2.96. The molecule has 2 heterocycles. The number of nitrogens with zero attached hydrogens (tertiary/aromatic N) is 2. The number of hydrogen-bond acceptors (Lipinski definition) is 6. The van der Waals surface area contributed by atoms with Crippen LogP contribution in [0.15, 0.2) is 28.8 Å². The first kappa shape index (κ1) is 16.0. The van der Waals surface area contributed by atoms with Gasteiger partial charge in [-0.1, -0.05) is 25.5 Å². The van der Waals surface area contributed by atoms with E-state index < -0.39 is 11.7 Å². The Kier molecular flexibility index (Phi) is 4.37. The summed E-state index contributed by atoms with van der Waals surface area (Å²) in [6.07, 6.45) is 8.46. The standard InChI is InChI=1S/C17H22N2O4/c1-4-5-10-21-16-14(12(23-18-16)11-19(2)3)15-17(22-15)9-7-6-8-13(17)20/h6-9,15H,4-5,10-11H2,1-3H3/t15-,17-/m0/s1. The molecule has 6 nitrogen and oxygen atoms in total. The van der Waals surface area contributed by atoms with Crippen molar-refractivity contribution >= 4 is 5.78 Å². The molecule has 2 aliphatic rings. The van der Waals surface area contributed by atoms with Crippen LogP contribution in [0.4, 0.5) is 0 Å². The van der Waals surface area contributed by atoms with Gasteiger partial charge in [-0.3, -0.25) is 4.79 Å². The molecule has 1 fully saturated rings. The Morgan fingerprint density at radius 3 is 2.91 bits per heavy atom. The summed E-state index contributed by atoms with van der Waals surface area (Å²) in [7, 11) is 3.89. The van der Waals surface area contributed by atoms with E-state index in [9.17, 15) is 4.79 Å². The van der Waals surface area contributed by atoms with E-state index in [1.165, 1.54) is 6.08 Å². The van der Waals surface area contributed by atoms with Gasteiger partial charge in [0, 0.05) is 0 Å². The maximum Gasteiger partial charge on any atom is 0.260 e. The fourth-order valence-corrected chi connectivity index (χ4v) is 2.69. The SMILES string of the molecule is CCCCOc1noc(CN(C)C)c1[C@@H]1O[C@]12C=CC=CC2=O. The van der Waals surface area contributed by atoms with Crippen LogP contribution in [0.3, 0.4) is 0 Å². The van der Waals surface area contributed by atoms with Gasteiger partial charge in [-0.2, -0.15) is 0 Å². The highest BCUT2D eigenvalue weighted by Crippen LogP contribution is 2.55. The van der Waals surface area contributed by atoms with Crippen LogP contribution in [0.25, 0.3) is 0 Å². The lowest BCUT2D eigenvalue weighted by Gasteiger charge is -2.10. The summed E-state index contributed by atoms with van der Waals surface area (Å²) < 4.78 is 17.0. The van der Waals surface area contributed by atoms with Gasteiger partial charge in [-0.15, -0.1) is 0 Å². The van der Waals surface area contributed by atoms with Crippen molar-refractivity contribution in [3.05, 3.63) is 35.6 Å². The fraction of sp³-hybridized carbons (Fsp3) is 0.529. The molecule has 3 rings (SSSR count). The van der Waals surface area contributed by atoms with Crippen molar-refractivity contribution in [3.63, 3.8) is 0 Å². The van der Waals surface area contributed by atoms with Crippen molar-refractivity contribution < 1.29 is 18.8 Å². The summed E-state index contributed by atoms with van der Waals surface area (Å²) in [6, 6.07) is 0. The van der Waals surface area contributed by atoms with Gasteiger partial charge in [-0.25, -0.2) is 0 Å². The molecule has 2 atom stereocenters. The second kappa shape index (κ2) is 6.29. The zero-order chi connectivity index (χ0) is 16.4. The minimum absolute atomic E-state index is 0.0542. The number of unbranched alkanes of at least 4 members (excludes halogenated alkanes) is 1. The topological polar surface area (TPSA) is 68.1 Å². The van der Waals surface area contributed by atoms with Crippen molar-refractivity contribution in [2.24, 2.45) is 0 Å². The van der Waals surface area contributed by atoms with Gasteiger partial charge in [0.05, 0.1) is 18.7 Å². The number of ether oxygens (including phenoxy) is 2. The lowest BCUT2D eigenvalue weighted by atomic mass is 9.92. The molecule has 1 saturated heterocycles. The molecule has 0 amide bonds. The number of aromatic nitrogens is 1. The number of allylic oxidation sites excluding steroid dienone is 2. The Morgan fingerprint density at radius 2 is 2.22 bits per heavy atom. The molecule has 6 heteroatoms. The highest BCUT2D eigenvalue weighted by Gasteiger charge is 2.63. The Labute approximate surface area is 135 Å². The number of carbonyl (C=O) groups is 1. The first-order chi connectivity index (χ1) is 11.1. The smallest absolute Gasteiger partial charge is 0.260 e. The highest BCUT2D eigenvalue weighted by molar-refractivity contribution is 6.03. The molecule has 0 unspecified atom stereocenters. The Bertz CT molecular complexity index is 647. The number of epoxide rings is 1. The molecule has 0 radical (unpaired) electrons. The zero-order valence-electron chi connectivity index (χ0n) is 13.7. The molecule has 0 N–H and O–H groups in total. The third-order valence-corrected chi connectivity index (χ3v) is 3.96. The van der Waals surface area contributed by atoms with Gasteiger partial charge < -0.3 is 18.9 Å². The summed E-state index contributed by atoms with van der Waals surface area (Å²) in [5.41, 5.74) is -0.160. The summed E-state index contributed by atoms with van der Waals surface area (Å²) in [5, 5.41) is 4.05. The van der Waals surface area contributed by atoms with Crippen LogP contribution in [0, 0.1) is 0 Å². The Morgan fingerprint density at radius 1 is 1.39 bits per heavy atom. The first-order valence-corrected chi connectivity index (χ1v) is 7.92. The van der Waals surface area contributed by atoms with E-state index in [1.54, 1.807) is 12.2 Å². The van der Waals surface area contributed by atoms with Crippen LogP contribution in [0.5, 0.6) is 5.88 Å². The van der Waals surface area contributed by atoms with E-state index in [4.69, 9.17) is 14.0 Å². The van der Waals surface area contributed by atoms with Gasteiger partial charge >= 0.3 is 0 Å².